The summed E-state index contributed by atoms with van der Waals surface area (Å²) in [5, 5.41) is 12.6. The van der Waals surface area contributed by atoms with Crippen LogP contribution in [0.4, 0.5) is 9.80 Å². The number of aliphatic hydroxyl groups is 1. The van der Waals surface area contributed by atoms with E-state index in [0.717, 1.165) is 22.9 Å². The number of hydrogen-bond donors (Lipinski definition) is 2. The van der Waals surface area contributed by atoms with Gasteiger partial charge < -0.3 is 14.6 Å². The minimum Gasteiger partial charge on any atom is -0.462 e. The van der Waals surface area contributed by atoms with Gasteiger partial charge in [-0.3, -0.25) is 5.32 Å². The van der Waals surface area contributed by atoms with E-state index in [4.69, 9.17) is 9.47 Å². The van der Waals surface area contributed by atoms with Crippen molar-refractivity contribution in [1.29, 1.82) is 0 Å². The fraction of sp³-hybridized carbons (Fsp3) is 0.500. The highest BCUT2D eigenvalue weighted by molar-refractivity contribution is 7.20. The van der Waals surface area contributed by atoms with Gasteiger partial charge in [-0.05, 0) is 51.7 Å². The molecule has 0 aliphatic heterocycles. The number of hydrogen-bond acceptors (Lipinski definition) is 9. The lowest BCUT2D eigenvalue weighted by molar-refractivity contribution is 0.0527. The third kappa shape index (κ3) is 4.77. The molecule has 26 heavy (non-hydrogen) atoms. The molecule has 10 heteroatoms. The molecule has 0 aromatic carbocycles. The maximum absolute atomic E-state index is 12.4. The first kappa shape index (κ1) is 20.3. The van der Waals surface area contributed by atoms with Crippen LogP contribution >= 0.6 is 22.9 Å². The number of amides is 1. The predicted octanol–water partition coefficient (Wildman–Crippen LogP) is 3.59. The summed E-state index contributed by atoms with van der Waals surface area (Å²) in [4.78, 5) is 29.4. The van der Waals surface area contributed by atoms with Gasteiger partial charge in [0, 0.05) is 0 Å². The Balaban J connectivity index is 2.43. The van der Waals surface area contributed by atoms with Crippen LogP contribution in [0.2, 0.25) is 0 Å². The number of ether oxygens (including phenoxy) is 2. The van der Waals surface area contributed by atoms with Crippen LogP contribution in [0.25, 0.3) is 10.7 Å². The average Bonchev–Trinajstić information content (AvgIpc) is 3.10. The standard InChI is InChI=1S/C16H21N3O5S2/c1-6-23-14(21)10-8(2)11(12-17-9(7-20)26-19-12)25-13(10)18-15(22)24-16(3,4)5/h20H,6-7H2,1-5H3,(H,18,22). The zero-order valence-electron chi connectivity index (χ0n) is 15.2. The Bertz CT molecular complexity index is 807. The number of thiophene rings is 1. The number of anilines is 1. The Morgan fingerprint density at radius 3 is 2.54 bits per heavy atom. The third-order valence-corrected chi connectivity index (χ3v) is 4.95. The van der Waals surface area contributed by atoms with Crippen molar-refractivity contribution in [2.75, 3.05) is 11.9 Å². The topological polar surface area (TPSA) is 111 Å². The Kier molecular flexibility index (Phi) is 6.32. The van der Waals surface area contributed by atoms with Crippen LogP contribution in [0, 0.1) is 6.92 Å². The molecule has 8 nitrogen and oxygen atoms in total. The second-order valence-electron chi connectivity index (χ2n) is 6.28. The molecule has 1 amide bonds. The maximum Gasteiger partial charge on any atom is 0.412 e. The molecule has 0 saturated carbocycles. The zero-order valence-corrected chi connectivity index (χ0v) is 16.8. The van der Waals surface area contributed by atoms with Crippen molar-refractivity contribution in [2.45, 2.75) is 46.8 Å². The van der Waals surface area contributed by atoms with Crippen molar-refractivity contribution < 1.29 is 24.2 Å². The van der Waals surface area contributed by atoms with Gasteiger partial charge in [0.05, 0.1) is 23.7 Å². The van der Waals surface area contributed by atoms with Gasteiger partial charge in [-0.1, -0.05) is 0 Å². The highest BCUT2D eigenvalue weighted by atomic mass is 32.1. The van der Waals surface area contributed by atoms with Crippen LogP contribution < -0.4 is 5.32 Å². The number of carbonyl (C=O) groups excluding carboxylic acids is 2. The molecular formula is C16H21N3O5S2. The Labute approximate surface area is 159 Å². The van der Waals surface area contributed by atoms with Crippen LogP contribution in [-0.2, 0) is 16.1 Å². The molecule has 2 N–H and O–H groups in total. The zero-order chi connectivity index (χ0) is 19.5. The highest BCUT2D eigenvalue weighted by Gasteiger charge is 2.27. The van der Waals surface area contributed by atoms with Gasteiger partial charge in [-0.25, -0.2) is 14.6 Å². The summed E-state index contributed by atoms with van der Waals surface area (Å²) >= 11 is 2.23. The van der Waals surface area contributed by atoms with E-state index in [9.17, 15) is 14.7 Å². The lowest BCUT2D eigenvalue weighted by atomic mass is 10.1. The molecule has 0 unspecified atom stereocenters. The summed E-state index contributed by atoms with van der Waals surface area (Å²) in [6.07, 6.45) is -0.668. The molecule has 2 aromatic heterocycles. The van der Waals surface area contributed by atoms with Gasteiger partial charge in [-0.2, -0.15) is 4.37 Å². The first-order chi connectivity index (χ1) is 12.2. The number of esters is 1. The Hall–Kier alpha value is -2.04. The molecule has 2 rings (SSSR count). The maximum atomic E-state index is 12.4. The minimum atomic E-state index is -0.671. The molecule has 142 valence electrons. The van der Waals surface area contributed by atoms with Crippen molar-refractivity contribution in [3.63, 3.8) is 0 Å². The fourth-order valence-electron chi connectivity index (χ4n) is 2.07. The van der Waals surface area contributed by atoms with Crippen molar-refractivity contribution in [1.82, 2.24) is 9.36 Å². The van der Waals surface area contributed by atoms with Crippen molar-refractivity contribution >= 4 is 39.9 Å². The minimum absolute atomic E-state index is 0.207. The number of carbonyl (C=O) groups is 2. The van der Waals surface area contributed by atoms with Gasteiger partial charge in [0.2, 0.25) is 0 Å². The van der Waals surface area contributed by atoms with Crippen LogP contribution in [0.15, 0.2) is 0 Å². The Morgan fingerprint density at radius 2 is 2.00 bits per heavy atom. The molecule has 0 atom stereocenters. The SMILES string of the molecule is CCOC(=O)c1c(NC(=O)OC(C)(C)C)sc(-c2nsc(CO)n2)c1C. The van der Waals surface area contributed by atoms with Gasteiger partial charge in [0.25, 0.3) is 0 Å². The van der Waals surface area contributed by atoms with Crippen molar-refractivity contribution in [3.05, 3.63) is 16.1 Å². The summed E-state index contributed by atoms with van der Waals surface area (Å²) < 4.78 is 14.6. The molecule has 0 aliphatic rings. The Morgan fingerprint density at radius 1 is 1.31 bits per heavy atom. The smallest absolute Gasteiger partial charge is 0.412 e. The van der Waals surface area contributed by atoms with Crippen LogP contribution in [0.5, 0.6) is 0 Å². The van der Waals surface area contributed by atoms with E-state index >= 15 is 0 Å². The van der Waals surface area contributed by atoms with Crippen molar-refractivity contribution in [3.8, 4) is 10.7 Å². The van der Waals surface area contributed by atoms with E-state index in [1.165, 1.54) is 0 Å². The summed E-state index contributed by atoms with van der Waals surface area (Å²) in [5.41, 5.74) is 0.176. The van der Waals surface area contributed by atoms with Crippen LogP contribution in [0.3, 0.4) is 0 Å². The van der Waals surface area contributed by atoms with Crippen LogP contribution in [-0.4, -0.2) is 38.7 Å². The molecule has 0 aliphatic carbocycles. The lowest BCUT2D eigenvalue weighted by Gasteiger charge is -2.19. The monoisotopic (exact) mass is 399 g/mol. The first-order valence-corrected chi connectivity index (χ1v) is 9.49. The largest absolute Gasteiger partial charge is 0.462 e. The van der Waals surface area contributed by atoms with Crippen LogP contribution in [0.1, 0.15) is 48.6 Å². The van der Waals surface area contributed by atoms with E-state index < -0.39 is 17.7 Å². The summed E-state index contributed by atoms with van der Waals surface area (Å²) in [7, 11) is 0. The predicted molar refractivity (Wildman–Crippen MR) is 99.7 cm³/mol. The lowest BCUT2D eigenvalue weighted by Crippen LogP contribution is -2.27. The molecule has 0 bridgehead atoms. The molecule has 0 spiro atoms. The second-order valence-corrected chi connectivity index (χ2v) is 8.13. The quantitative estimate of drug-likeness (QED) is 0.739. The van der Waals surface area contributed by atoms with E-state index in [1.807, 2.05) is 0 Å². The number of nitrogens with zero attached hydrogens (tertiary/aromatic N) is 2. The second kappa shape index (κ2) is 8.11. The average molecular weight is 399 g/mol. The van der Waals surface area contributed by atoms with Crippen molar-refractivity contribution in [2.24, 2.45) is 0 Å². The number of rotatable bonds is 5. The molecule has 0 radical (unpaired) electrons. The molecule has 0 saturated heterocycles. The fourth-order valence-corrected chi connectivity index (χ4v) is 3.75. The van der Waals surface area contributed by atoms with E-state index in [0.29, 0.717) is 26.3 Å². The molecule has 0 fully saturated rings. The number of aliphatic hydroxyl groups excluding tert-OH is 1. The molecule has 2 aromatic rings. The third-order valence-electron chi connectivity index (χ3n) is 3.05. The summed E-state index contributed by atoms with van der Waals surface area (Å²) in [6.45, 7) is 8.68. The van der Waals surface area contributed by atoms with E-state index in [-0.39, 0.29) is 18.8 Å². The summed E-state index contributed by atoms with van der Waals surface area (Å²) in [6, 6.07) is 0. The highest BCUT2D eigenvalue weighted by Crippen LogP contribution is 2.39. The van der Waals surface area contributed by atoms with Gasteiger partial charge in [-0.15, -0.1) is 11.3 Å². The van der Waals surface area contributed by atoms with E-state index in [1.54, 1.807) is 34.6 Å². The molecule has 2 heterocycles. The number of nitrogens with one attached hydrogen (secondary N) is 1. The molecular weight excluding hydrogens is 378 g/mol. The first-order valence-electron chi connectivity index (χ1n) is 7.90. The van der Waals surface area contributed by atoms with Gasteiger partial charge in [0.1, 0.15) is 15.6 Å². The van der Waals surface area contributed by atoms with E-state index in [2.05, 4.69) is 14.7 Å². The normalized spacial score (nSPS) is 11.3. The van der Waals surface area contributed by atoms with Gasteiger partial charge in [0.15, 0.2) is 5.82 Å². The number of aromatic nitrogens is 2. The van der Waals surface area contributed by atoms with Gasteiger partial charge >= 0.3 is 12.1 Å². The summed E-state index contributed by atoms with van der Waals surface area (Å²) in [5.74, 6) is -0.152.